The van der Waals surface area contributed by atoms with Crippen molar-refractivity contribution < 1.29 is 0 Å². The largest absolute Gasteiger partial charge is 0.358 e. The van der Waals surface area contributed by atoms with E-state index in [2.05, 4.69) is 14.7 Å². The molecule has 1 N–H and O–H groups in total. The minimum atomic E-state index is 0.684. The average molecular weight is 255 g/mol. The summed E-state index contributed by atoms with van der Waals surface area (Å²) in [6.45, 7) is 0. The molecule has 0 amide bonds. The Kier molecular flexibility index (Phi) is 3.33. The van der Waals surface area contributed by atoms with Crippen molar-refractivity contribution >= 4 is 28.4 Å². The normalized spacial score (nSPS) is 21.5. The van der Waals surface area contributed by atoms with E-state index in [1.54, 1.807) is 0 Å². The van der Waals surface area contributed by atoms with Crippen molar-refractivity contribution in [2.45, 2.75) is 55.6 Å². The summed E-state index contributed by atoms with van der Waals surface area (Å²) in [7, 11) is 0. The number of nitrogens with zero attached hydrogens (tertiary/aromatic N) is 2. The Bertz CT molecular complexity index is 343. The van der Waals surface area contributed by atoms with Gasteiger partial charge in [-0.1, -0.05) is 12.8 Å². The highest BCUT2D eigenvalue weighted by Gasteiger charge is 2.22. The predicted molar refractivity (Wildman–Crippen MR) is 70.1 cm³/mol. The number of anilines is 1. The van der Waals surface area contributed by atoms with Crippen LogP contribution in [0.25, 0.3) is 0 Å². The summed E-state index contributed by atoms with van der Waals surface area (Å²) >= 11 is 3.55. The minimum absolute atomic E-state index is 0.684. The monoisotopic (exact) mass is 255 g/mol. The van der Waals surface area contributed by atoms with Crippen LogP contribution in [0.15, 0.2) is 0 Å². The molecule has 88 valence electrons. The Balaban J connectivity index is 1.47. The number of nitrogens with one attached hydrogen (secondary N) is 1. The standard InChI is InChI=1S/C11H17N3S2/c1-2-4-9(3-1)15-7-10-13-11(16-14-10)12-8-5-6-8/h8-9H,1-7H2,(H,12,13,14). The quantitative estimate of drug-likeness (QED) is 0.876. The third-order valence-corrected chi connectivity index (χ3v) is 5.18. The number of hydrogen-bond acceptors (Lipinski definition) is 5. The van der Waals surface area contributed by atoms with Crippen LogP contribution in [0.3, 0.4) is 0 Å². The second-order valence-electron chi connectivity index (χ2n) is 4.65. The van der Waals surface area contributed by atoms with Crippen LogP contribution in [0.5, 0.6) is 0 Å². The molecule has 2 fully saturated rings. The number of rotatable bonds is 5. The summed E-state index contributed by atoms with van der Waals surface area (Å²) in [5.74, 6) is 2.01. The lowest BCUT2D eigenvalue weighted by molar-refractivity contribution is 0.886. The van der Waals surface area contributed by atoms with Gasteiger partial charge < -0.3 is 5.32 Å². The average Bonchev–Trinajstić information content (AvgIpc) is 2.81. The molecule has 1 aromatic heterocycles. The van der Waals surface area contributed by atoms with Gasteiger partial charge in [-0.25, -0.2) is 4.98 Å². The van der Waals surface area contributed by atoms with E-state index in [-0.39, 0.29) is 0 Å². The molecule has 1 aromatic rings. The van der Waals surface area contributed by atoms with E-state index >= 15 is 0 Å². The lowest BCUT2D eigenvalue weighted by Gasteiger charge is -2.05. The van der Waals surface area contributed by atoms with Gasteiger partial charge in [-0.2, -0.15) is 16.1 Å². The summed E-state index contributed by atoms with van der Waals surface area (Å²) in [6, 6.07) is 0.684. The van der Waals surface area contributed by atoms with Crippen molar-refractivity contribution in [3.8, 4) is 0 Å². The lowest BCUT2D eigenvalue weighted by atomic mass is 10.4. The molecule has 0 atom stereocenters. The molecule has 0 unspecified atom stereocenters. The van der Waals surface area contributed by atoms with Gasteiger partial charge in [-0.3, -0.25) is 0 Å². The number of hydrogen-bond donors (Lipinski definition) is 1. The van der Waals surface area contributed by atoms with Crippen LogP contribution in [0.2, 0.25) is 0 Å². The SMILES string of the molecule is C1CCC(SCc2nsc(NC3CC3)n2)C1. The molecule has 2 aliphatic carbocycles. The van der Waals surface area contributed by atoms with Crippen molar-refractivity contribution in [1.82, 2.24) is 9.36 Å². The van der Waals surface area contributed by atoms with E-state index in [0.717, 1.165) is 22.0 Å². The van der Waals surface area contributed by atoms with Crippen LogP contribution < -0.4 is 5.32 Å². The Morgan fingerprint density at radius 1 is 1.25 bits per heavy atom. The van der Waals surface area contributed by atoms with Gasteiger partial charge in [0.1, 0.15) is 0 Å². The van der Waals surface area contributed by atoms with Crippen LogP contribution in [0.4, 0.5) is 5.13 Å². The molecular weight excluding hydrogens is 238 g/mol. The van der Waals surface area contributed by atoms with Gasteiger partial charge in [0.25, 0.3) is 0 Å². The predicted octanol–water partition coefficient (Wildman–Crippen LogP) is 3.29. The summed E-state index contributed by atoms with van der Waals surface area (Å²) in [4.78, 5) is 4.53. The van der Waals surface area contributed by atoms with Crippen LogP contribution in [-0.2, 0) is 5.75 Å². The molecule has 0 aliphatic heterocycles. The highest BCUT2D eigenvalue weighted by atomic mass is 32.2. The van der Waals surface area contributed by atoms with Crippen LogP contribution in [0, 0.1) is 0 Å². The maximum atomic E-state index is 4.53. The molecule has 0 bridgehead atoms. The smallest absolute Gasteiger partial charge is 0.202 e. The van der Waals surface area contributed by atoms with Gasteiger partial charge in [0.15, 0.2) is 5.82 Å². The van der Waals surface area contributed by atoms with Crippen molar-refractivity contribution in [1.29, 1.82) is 0 Å². The fourth-order valence-corrected chi connectivity index (χ4v) is 3.95. The molecule has 3 rings (SSSR count). The van der Waals surface area contributed by atoms with Crippen molar-refractivity contribution in [2.24, 2.45) is 0 Å². The van der Waals surface area contributed by atoms with Gasteiger partial charge in [0.05, 0.1) is 5.75 Å². The molecule has 16 heavy (non-hydrogen) atoms. The molecule has 0 spiro atoms. The van der Waals surface area contributed by atoms with Gasteiger partial charge in [-0.15, -0.1) is 0 Å². The zero-order chi connectivity index (χ0) is 10.8. The first-order valence-electron chi connectivity index (χ1n) is 6.11. The summed E-state index contributed by atoms with van der Waals surface area (Å²) < 4.78 is 4.41. The third kappa shape index (κ3) is 2.88. The van der Waals surface area contributed by atoms with Gasteiger partial charge in [0, 0.05) is 22.8 Å². The minimum Gasteiger partial charge on any atom is -0.358 e. The molecule has 1 heterocycles. The highest BCUT2D eigenvalue weighted by Crippen LogP contribution is 2.32. The fourth-order valence-electron chi connectivity index (χ4n) is 2.02. The number of aromatic nitrogens is 2. The molecule has 5 heteroatoms. The highest BCUT2D eigenvalue weighted by molar-refractivity contribution is 7.99. The van der Waals surface area contributed by atoms with Crippen molar-refractivity contribution in [3.63, 3.8) is 0 Å². The zero-order valence-electron chi connectivity index (χ0n) is 9.32. The van der Waals surface area contributed by atoms with E-state index in [0.29, 0.717) is 6.04 Å². The van der Waals surface area contributed by atoms with E-state index in [9.17, 15) is 0 Å². The maximum Gasteiger partial charge on any atom is 0.202 e. The molecule has 0 aromatic carbocycles. The Labute approximate surface area is 105 Å². The molecule has 0 radical (unpaired) electrons. The second kappa shape index (κ2) is 4.92. The van der Waals surface area contributed by atoms with Gasteiger partial charge in [-0.05, 0) is 25.7 Å². The summed E-state index contributed by atoms with van der Waals surface area (Å²) in [5, 5.41) is 5.28. The maximum absolute atomic E-state index is 4.53. The summed E-state index contributed by atoms with van der Waals surface area (Å²) in [6.07, 6.45) is 8.20. The zero-order valence-corrected chi connectivity index (χ0v) is 10.9. The van der Waals surface area contributed by atoms with Gasteiger partial charge >= 0.3 is 0 Å². The Morgan fingerprint density at radius 3 is 2.81 bits per heavy atom. The van der Waals surface area contributed by atoms with Crippen molar-refractivity contribution in [2.75, 3.05) is 5.32 Å². The van der Waals surface area contributed by atoms with Crippen molar-refractivity contribution in [3.05, 3.63) is 5.82 Å². The fraction of sp³-hybridized carbons (Fsp3) is 0.818. The van der Waals surface area contributed by atoms with Crippen LogP contribution >= 0.6 is 23.3 Å². The van der Waals surface area contributed by atoms with Crippen LogP contribution in [-0.4, -0.2) is 20.6 Å². The molecule has 2 aliphatic rings. The number of thioether (sulfide) groups is 1. The molecular formula is C11H17N3S2. The third-order valence-electron chi connectivity index (χ3n) is 3.12. The van der Waals surface area contributed by atoms with E-state index in [4.69, 9.17) is 0 Å². The van der Waals surface area contributed by atoms with E-state index < -0.39 is 0 Å². The molecule has 2 saturated carbocycles. The molecule has 3 nitrogen and oxygen atoms in total. The molecule has 0 saturated heterocycles. The first kappa shape index (κ1) is 10.8. The van der Waals surface area contributed by atoms with Gasteiger partial charge in [0.2, 0.25) is 5.13 Å². The summed E-state index contributed by atoms with van der Waals surface area (Å²) in [5.41, 5.74) is 0. The Morgan fingerprint density at radius 2 is 2.06 bits per heavy atom. The lowest BCUT2D eigenvalue weighted by Crippen LogP contribution is -2.00. The van der Waals surface area contributed by atoms with E-state index in [1.165, 1.54) is 50.1 Å². The first-order chi connectivity index (χ1) is 7.90. The topological polar surface area (TPSA) is 37.8 Å². The first-order valence-corrected chi connectivity index (χ1v) is 7.93. The van der Waals surface area contributed by atoms with Crippen LogP contribution in [0.1, 0.15) is 44.3 Å². The van der Waals surface area contributed by atoms with E-state index in [1.807, 2.05) is 11.8 Å². The Hall–Kier alpha value is -0.290. The second-order valence-corrected chi connectivity index (χ2v) is 6.69.